The number of hydrogen-bond acceptors (Lipinski definition) is 10. The number of nitrogens with one attached hydrogen (secondary N) is 1. The maximum absolute atomic E-state index is 13.2. The highest BCUT2D eigenvalue weighted by Crippen LogP contribution is 2.28. The minimum atomic E-state index is -1.44. The number of carbonyl (C=O) groups excluding carboxylic acids is 5. The van der Waals surface area contributed by atoms with E-state index in [2.05, 4.69) is 5.32 Å². The van der Waals surface area contributed by atoms with Crippen molar-refractivity contribution in [1.82, 2.24) is 5.32 Å². The van der Waals surface area contributed by atoms with Gasteiger partial charge in [-0.1, -0.05) is 42.5 Å². The van der Waals surface area contributed by atoms with Gasteiger partial charge in [-0.25, -0.2) is 0 Å². The van der Waals surface area contributed by atoms with Crippen molar-refractivity contribution in [3.05, 3.63) is 48.0 Å². The number of fused-ring (bicyclic) bond motifs is 1. The minimum absolute atomic E-state index is 0.0491. The Labute approximate surface area is 213 Å². The Kier molecular flexibility index (Phi) is 9.18. The molecule has 0 aliphatic carbocycles. The van der Waals surface area contributed by atoms with E-state index in [4.69, 9.17) is 23.7 Å². The molecule has 11 heteroatoms. The Morgan fingerprint density at radius 3 is 2.05 bits per heavy atom. The molecule has 0 aromatic heterocycles. The number of hydrogen-bond donors (Lipinski definition) is 1. The first-order valence-corrected chi connectivity index (χ1v) is 11.6. The van der Waals surface area contributed by atoms with Crippen LogP contribution in [0.25, 0.3) is 10.8 Å². The molecule has 1 amide bonds. The molecular weight excluding hydrogens is 486 g/mol. The van der Waals surface area contributed by atoms with Crippen LogP contribution >= 0.6 is 0 Å². The van der Waals surface area contributed by atoms with Crippen LogP contribution in [0.3, 0.4) is 0 Å². The third-order valence-corrected chi connectivity index (χ3v) is 5.54. The Hall–Kier alpha value is -3.99. The molecule has 3 rings (SSSR count). The first-order valence-electron chi connectivity index (χ1n) is 11.6. The zero-order chi connectivity index (χ0) is 27.1. The first kappa shape index (κ1) is 27.6. The molecule has 1 N–H and O–H groups in total. The lowest BCUT2D eigenvalue weighted by atomic mass is 9.95. The second-order valence-electron chi connectivity index (χ2n) is 8.51. The van der Waals surface area contributed by atoms with E-state index >= 15 is 0 Å². The van der Waals surface area contributed by atoms with E-state index in [0.717, 1.165) is 37.1 Å². The number of ether oxygens (including phenoxy) is 5. The van der Waals surface area contributed by atoms with Crippen LogP contribution in [-0.2, 0) is 54.1 Å². The molecule has 0 unspecified atom stereocenters. The van der Waals surface area contributed by atoms with Gasteiger partial charge in [-0.3, -0.25) is 24.0 Å². The lowest BCUT2D eigenvalue weighted by molar-refractivity contribution is -0.271. The van der Waals surface area contributed by atoms with Crippen LogP contribution in [0.4, 0.5) is 0 Å². The van der Waals surface area contributed by atoms with Crippen LogP contribution in [-0.4, -0.2) is 67.0 Å². The molecule has 198 valence electrons. The van der Waals surface area contributed by atoms with Crippen LogP contribution in [0.1, 0.15) is 33.3 Å². The van der Waals surface area contributed by atoms with Gasteiger partial charge in [0.2, 0.25) is 12.2 Å². The first-order chi connectivity index (χ1) is 17.5. The normalized spacial score (nSPS) is 23.0. The van der Waals surface area contributed by atoms with E-state index in [1.54, 1.807) is 0 Å². The molecule has 1 heterocycles. The van der Waals surface area contributed by atoms with Gasteiger partial charge in [-0.2, -0.15) is 0 Å². The average Bonchev–Trinajstić information content (AvgIpc) is 2.81. The summed E-state index contributed by atoms with van der Waals surface area (Å²) in [4.78, 5) is 60.3. The van der Waals surface area contributed by atoms with Crippen molar-refractivity contribution in [2.75, 3.05) is 6.61 Å². The standard InChI is InChI=1S/C26H29NO10/c1-14(28)33-13-21-24(34-15(2)29)25(35-16(3)30)23(26(37-21)36-17(4)31)27-22(32)12-19-10-7-9-18-8-5-6-11-20(18)19/h5-11,21,23-26H,12-13H2,1-4H3,(H,27,32)/t21-,23+,24-,25-,26+/m1/s1. The summed E-state index contributed by atoms with van der Waals surface area (Å²) in [5.41, 5.74) is 0.740. The fourth-order valence-electron chi connectivity index (χ4n) is 4.18. The van der Waals surface area contributed by atoms with E-state index < -0.39 is 60.4 Å². The Morgan fingerprint density at radius 2 is 1.41 bits per heavy atom. The van der Waals surface area contributed by atoms with E-state index in [9.17, 15) is 24.0 Å². The highest BCUT2D eigenvalue weighted by Gasteiger charge is 2.52. The van der Waals surface area contributed by atoms with Gasteiger partial charge in [-0.15, -0.1) is 0 Å². The second kappa shape index (κ2) is 12.3. The SMILES string of the molecule is CC(=O)OC[C@H]1O[C@H](OC(C)=O)[C@@H](NC(=O)Cc2cccc3ccccc23)[C@@H](OC(C)=O)[C@@H]1OC(C)=O. The summed E-state index contributed by atoms with van der Waals surface area (Å²) < 4.78 is 26.9. The molecule has 1 fully saturated rings. The Balaban J connectivity index is 1.93. The van der Waals surface area contributed by atoms with Crippen molar-refractivity contribution in [3.8, 4) is 0 Å². The zero-order valence-electron chi connectivity index (χ0n) is 20.9. The number of amides is 1. The quantitative estimate of drug-likeness (QED) is 0.406. The van der Waals surface area contributed by atoms with Gasteiger partial charge in [0.05, 0.1) is 6.42 Å². The van der Waals surface area contributed by atoms with Gasteiger partial charge in [-0.05, 0) is 16.3 Å². The van der Waals surface area contributed by atoms with E-state index in [-0.39, 0.29) is 13.0 Å². The summed E-state index contributed by atoms with van der Waals surface area (Å²) in [5, 5.41) is 4.55. The minimum Gasteiger partial charge on any atom is -0.463 e. The molecule has 2 aromatic carbocycles. The monoisotopic (exact) mass is 515 g/mol. The highest BCUT2D eigenvalue weighted by molar-refractivity contribution is 5.90. The van der Waals surface area contributed by atoms with Gasteiger partial charge in [0.25, 0.3) is 0 Å². The smallest absolute Gasteiger partial charge is 0.305 e. The maximum atomic E-state index is 13.2. The molecule has 11 nitrogen and oxygen atoms in total. The van der Waals surface area contributed by atoms with Crippen molar-refractivity contribution in [2.24, 2.45) is 0 Å². The number of esters is 4. The van der Waals surface area contributed by atoms with Crippen LogP contribution in [0.2, 0.25) is 0 Å². The molecule has 0 saturated carbocycles. The van der Waals surface area contributed by atoms with Crippen molar-refractivity contribution in [1.29, 1.82) is 0 Å². The van der Waals surface area contributed by atoms with Crippen molar-refractivity contribution in [3.63, 3.8) is 0 Å². The molecule has 0 radical (unpaired) electrons. The summed E-state index contributed by atoms with van der Waals surface area (Å²) in [6.07, 6.45) is -5.25. The average molecular weight is 516 g/mol. The van der Waals surface area contributed by atoms with E-state index in [0.29, 0.717) is 0 Å². The Morgan fingerprint density at radius 1 is 0.784 bits per heavy atom. The topological polar surface area (TPSA) is 144 Å². The molecule has 1 aliphatic rings. The van der Waals surface area contributed by atoms with Crippen LogP contribution < -0.4 is 5.32 Å². The highest BCUT2D eigenvalue weighted by atomic mass is 16.7. The number of rotatable bonds is 8. The third-order valence-electron chi connectivity index (χ3n) is 5.54. The molecule has 0 bridgehead atoms. The van der Waals surface area contributed by atoms with Gasteiger partial charge < -0.3 is 29.0 Å². The lowest BCUT2D eigenvalue weighted by Gasteiger charge is -2.44. The van der Waals surface area contributed by atoms with Crippen molar-refractivity contribution >= 4 is 40.6 Å². The fraction of sp³-hybridized carbons (Fsp3) is 0.423. The summed E-state index contributed by atoms with van der Waals surface area (Å²) in [5.74, 6) is -3.34. The zero-order valence-corrected chi connectivity index (χ0v) is 20.9. The molecular formula is C26H29NO10. The van der Waals surface area contributed by atoms with Crippen molar-refractivity contribution < 1.29 is 47.7 Å². The molecule has 0 spiro atoms. The summed E-state index contributed by atoms with van der Waals surface area (Å²) >= 11 is 0. The van der Waals surface area contributed by atoms with E-state index in [1.165, 1.54) is 6.92 Å². The molecule has 1 aliphatic heterocycles. The van der Waals surface area contributed by atoms with Gasteiger partial charge in [0, 0.05) is 27.7 Å². The van der Waals surface area contributed by atoms with Gasteiger partial charge in [0.1, 0.15) is 18.8 Å². The van der Waals surface area contributed by atoms with Crippen LogP contribution in [0.5, 0.6) is 0 Å². The van der Waals surface area contributed by atoms with Crippen molar-refractivity contribution in [2.45, 2.75) is 64.8 Å². The lowest BCUT2D eigenvalue weighted by Crippen LogP contribution is -2.67. The molecule has 2 aromatic rings. The van der Waals surface area contributed by atoms with Gasteiger partial charge in [0.15, 0.2) is 12.2 Å². The summed E-state index contributed by atoms with van der Waals surface area (Å²) in [6, 6.07) is 11.9. The van der Waals surface area contributed by atoms with Crippen LogP contribution in [0.15, 0.2) is 42.5 Å². The summed E-state index contributed by atoms with van der Waals surface area (Å²) in [7, 11) is 0. The second-order valence-corrected chi connectivity index (χ2v) is 8.51. The molecule has 5 atom stereocenters. The fourth-order valence-corrected chi connectivity index (χ4v) is 4.18. The maximum Gasteiger partial charge on any atom is 0.305 e. The summed E-state index contributed by atoms with van der Waals surface area (Å²) in [6.45, 7) is 4.20. The molecule has 37 heavy (non-hydrogen) atoms. The number of carbonyl (C=O) groups is 5. The predicted octanol–water partition coefficient (Wildman–Crippen LogP) is 1.58. The largest absolute Gasteiger partial charge is 0.463 e. The number of benzene rings is 2. The van der Waals surface area contributed by atoms with Gasteiger partial charge >= 0.3 is 23.9 Å². The predicted molar refractivity (Wildman–Crippen MR) is 128 cm³/mol. The molecule has 1 saturated heterocycles. The van der Waals surface area contributed by atoms with Crippen LogP contribution in [0, 0.1) is 0 Å². The van der Waals surface area contributed by atoms with E-state index in [1.807, 2.05) is 42.5 Å². The Bertz CT molecular complexity index is 1170. The third kappa shape index (κ3) is 7.50.